The van der Waals surface area contributed by atoms with Crippen molar-refractivity contribution in [2.24, 2.45) is 0 Å². The van der Waals surface area contributed by atoms with Gasteiger partial charge in [0.1, 0.15) is 5.69 Å². The van der Waals surface area contributed by atoms with Crippen LogP contribution in [0.4, 0.5) is 0 Å². The number of aryl methyl sites for hydroxylation is 2. The van der Waals surface area contributed by atoms with Crippen molar-refractivity contribution in [1.82, 2.24) is 35.0 Å². The Morgan fingerprint density at radius 3 is 2.76 bits per heavy atom. The Bertz CT molecular complexity index is 1320. The van der Waals surface area contributed by atoms with Crippen LogP contribution in [0.2, 0.25) is 0 Å². The summed E-state index contributed by atoms with van der Waals surface area (Å²) in [6.07, 6.45) is 2.42. The summed E-state index contributed by atoms with van der Waals surface area (Å²) >= 11 is 3.21. The van der Waals surface area contributed by atoms with E-state index in [1.54, 1.807) is 15.9 Å². The molecule has 1 aliphatic rings. The molecule has 11 heteroatoms. The standard InChI is InChI=1S/C23H25N7O2S2/c1-14-12-19-26-27-20(15(2)30(19)28-14)23(32)29-9-6-16(7-10-29)22-25-18(13-34-22)21(31)24-8-5-17-4-3-11-33-17/h3-4,11-13,16H,5-10H2,1-2H3,(H,24,31). The third kappa shape index (κ3) is 4.58. The maximum Gasteiger partial charge on any atom is 0.276 e. The number of nitrogens with one attached hydrogen (secondary N) is 1. The number of hydrogen-bond donors (Lipinski definition) is 1. The molecule has 2 amide bonds. The van der Waals surface area contributed by atoms with Gasteiger partial charge in [-0.1, -0.05) is 6.07 Å². The molecule has 176 valence electrons. The van der Waals surface area contributed by atoms with E-state index in [0.29, 0.717) is 42.4 Å². The summed E-state index contributed by atoms with van der Waals surface area (Å²) < 4.78 is 1.67. The zero-order chi connectivity index (χ0) is 23.7. The molecule has 4 aromatic rings. The first-order chi connectivity index (χ1) is 16.5. The number of thiophene rings is 1. The molecule has 0 bridgehead atoms. The van der Waals surface area contributed by atoms with Crippen molar-refractivity contribution >= 4 is 40.1 Å². The highest BCUT2D eigenvalue weighted by Crippen LogP contribution is 2.31. The summed E-state index contributed by atoms with van der Waals surface area (Å²) in [5.74, 6) is -0.0152. The van der Waals surface area contributed by atoms with Gasteiger partial charge < -0.3 is 10.2 Å². The smallest absolute Gasteiger partial charge is 0.276 e. The fourth-order valence-corrected chi connectivity index (χ4v) is 5.86. The summed E-state index contributed by atoms with van der Waals surface area (Å²) in [5, 5.41) is 20.5. The predicted octanol–water partition coefficient (Wildman–Crippen LogP) is 3.25. The van der Waals surface area contributed by atoms with E-state index in [9.17, 15) is 9.59 Å². The van der Waals surface area contributed by atoms with Crippen molar-refractivity contribution in [3.63, 3.8) is 0 Å². The molecule has 0 unspecified atom stereocenters. The Balaban J connectivity index is 1.17. The lowest BCUT2D eigenvalue weighted by molar-refractivity contribution is 0.0704. The van der Waals surface area contributed by atoms with Gasteiger partial charge in [0.25, 0.3) is 11.8 Å². The van der Waals surface area contributed by atoms with Crippen LogP contribution in [0.25, 0.3) is 5.65 Å². The Hall–Kier alpha value is -3.18. The Kier molecular flexibility index (Phi) is 6.38. The molecule has 4 aromatic heterocycles. The molecule has 1 saturated heterocycles. The first kappa shape index (κ1) is 22.6. The van der Waals surface area contributed by atoms with Gasteiger partial charge >= 0.3 is 0 Å². The van der Waals surface area contributed by atoms with E-state index in [2.05, 4.69) is 31.7 Å². The molecule has 0 aromatic carbocycles. The summed E-state index contributed by atoms with van der Waals surface area (Å²) in [4.78, 5) is 33.2. The molecule has 1 N–H and O–H groups in total. The number of carbonyl (C=O) groups excluding carboxylic acids is 2. The largest absolute Gasteiger partial charge is 0.350 e. The lowest BCUT2D eigenvalue weighted by Gasteiger charge is -2.31. The van der Waals surface area contributed by atoms with E-state index in [1.807, 2.05) is 41.6 Å². The van der Waals surface area contributed by atoms with Gasteiger partial charge in [0.05, 0.1) is 16.4 Å². The maximum atomic E-state index is 13.1. The van der Waals surface area contributed by atoms with Crippen LogP contribution in [0.3, 0.4) is 0 Å². The van der Waals surface area contributed by atoms with E-state index in [4.69, 9.17) is 0 Å². The van der Waals surface area contributed by atoms with Crippen LogP contribution in [0, 0.1) is 13.8 Å². The first-order valence-electron chi connectivity index (χ1n) is 11.2. The number of likely N-dealkylation sites (tertiary alicyclic amines) is 1. The molecule has 5 rings (SSSR count). The minimum atomic E-state index is -0.134. The van der Waals surface area contributed by atoms with Crippen molar-refractivity contribution in [2.45, 2.75) is 39.0 Å². The minimum absolute atomic E-state index is 0.122. The van der Waals surface area contributed by atoms with E-state index in [-0.39, 0.29) is 17.7 Å². The Morgan fingerprint density at radius 2 is 2.00 bits per heavy atom. The second-order valence-electron chi connectivity index (χ2n) is 8.41. The van der Waals surface area contributed by atoms with Gasteiger partial charge in [0.15, 0.2) is 11.3 Å². The highest BCUT2D eigenvalue weighted by molar-refractivity contribution is 7.10. The number of carbonyl (C=O) groups is 2. The van der Waals surface area contributed by atoms with Gasteiger partial charge in [-0.05, 0) is 44.6 Å². The zero-order valence-electron chi connectivity index (χ0n) is 19.0. The molecule has 9 nitrogen and oxygen atoms in total. The Labute approximate surface area is 204 Å². The fraction of sp³-hybridized carbons (Fsp3) is 0.391. The molecule has 0 saturated carbocycles. The van der Waals surface area contributed by atoms with Crippen molar-refractivity contribution in [1.29, 1.82) is 0 Å². The number of rotatable bonds is 6. The number of amides is 2. The molecule has 0 radical (unpaired) electrons. The van der Waals surface area contributed by atoms with Crippen molar-refractivity contribution < 1.29 is 9.59 Å². The van der Waals surface area contributed by atoms with E-state index in [0.717, 1.165) is 30.0 Å². The second-order valence-corrected chi connectivity index (χ2v) is 10.3. The lowest BCUT2D eigenvalue weighted by Crippen LogP contribution is -2.39. The van der Waals surface area contributed by atoms with E-state index in [1.165, 1.54) is 16.2 Å². The second kappa shape index (κ2) is 9.59. The van der Waals surface area contributed by atoms with Gasteiger partial charge in [-0.3, -0.25) is 9.59 Å². The SMILES string of the molecule is Cc1cc2nnc(C(=O)N3CCC(c4nc(C(=O)NCCc5cccs5)cs4)CC3)c(C)n2n1. The van der Waals surface area contributed by atoms with Crippen LogP contribution in [-0.4, -0.2) is 61.1 Å². The molecule has 0 atom stereocenters. The summed E-state index contributed by atoms with van der Waals surface area (Å²) in [7, 11) is 0. The average molecular weight is 496 g/mol. The summed E-state index contributed by atoms with van der Waals surface area (Å²) in [5.41, 5.74) is 2.98. The van der Waals surface area contributed by atoms with Gasteiger partial charge in [0.2, 0.25) is 0 Å². The maximum absolute atomic E-state index is 13.1. The number of fused-ring (bicyclic) bond motifs is 1. The van der Waals surface area contributed by atoms with Gasteiger partial charge in [-0.25, -0.2) is 9.50 Å². The number of nitrogens with zero attached hydrogens (tertiary/aromatic N) is 6. The third-order valence-electron chi connectivity index (χ3n) is 6.05. The van der Waals surface area contributed by atoms with Crippen LogP contribution < -0.4 is 5.32 Å². The lowest BCUT2D eigenvalue weighted by atomic mass is 9.97. The molecule has 0 aliphatic carbocycles. The topological polar surface area (TPSA) is 105 Å². The zero-order valence-corrected chi connectivity index (χ0v) is 20.7. The Morgan fingerprint density at radius 1 is 1.18 bits per heavy atom. The van der Waals surface area contributed by atoms with E-state index < -0.39 is 0 Å². The summed E-state index contributed by atoms with van der Waals surface area (Å²) in [6.45, 7) is 5.56. The van der Waals surface area contributed by atoms with Crippen molar-refractivity contribution in [3.05, 3.63) is 61.6 Å². The monoisotopic (exact) mass is 495 g/mol. The van der Waals surface area contributed by atoms with Crippen LogP contribution >= 0.6 is 22.7 Å². The highest BCUT2D eigenvalue weighted by Gasteiger charge is 2.29. The van der Waals surface area contributed by atoms with Gasteiger partial charge in [-0.2, -0.15) is 5.10 Å². The number of thiazole rings is 1. The van der Waals surface area contributed by atoms with Crippen molar-refractivity contribution in [2.75, 3.05) is 19.6 Å². The van der Waals surface area contributed by atoms with E-state index >= 15 is 0 Å². The molecule has 34 heavy (non-hydrogen) atoms. The van der Waals surface area contributed by atoms with Crippen LogP contribution in [0.5, 0.6) is 0 Å². The third-order valence-corrected chi connectivity index (χ3v) is 7.99. The predicted molar refractivity (Wildman–Crippen MR) is 131 cm³/mol. The number of hydrogen-bond acceptors (Lipinski definition) is 8. The average Bonchev–Trinajstić information content (AvgIpc) is 3.60. The van der Waals surface area contributed by atoms with Crippen LogP contribution in [0.1, 0.15) is 61.0 Å². The molecule has 5 heterocycles. The van der Waals surface area contributed by atoms with Crippen molar-refractivity contribution in [3.8, 4) is 0 Å². The highest BCUT2D eigenvalue weighted by atomic mass is 32.1. The van der Waals surface area contributed by atoms with Crippen LogP contribution in [0.15, 0.2) is 29.0 Å². The quantitative estimate of drug-likeness (QED) is 0.440. The first-order valence-corrected chi connectivity index (χ1v) is 13.0. The minimum Gasteiger partial charge on any atom is -0.350 e. The molecular formula is C23H25N7O2S2. The number of piperidine rings is 1. The molecule has 1 fully saturated rings. The molecule has 1 aliphatic heterocycles. The summed E-state index contributed by atoms with van der Waals surface area (Å²) in [6, 6.07) is 5.92. The molecule has 0 spiro atoms. The fourth-order valence-electron chi connectivity index (χ4n) is 4.18. The normalized spacial score (nSPS) is 14.6. The number of aromatic nitrogens is 5. The molecular weight excluding hydrogens is 470 g/mol. The van der Waals surface area contributed by atoms with Crippen LogP contribution in [-0.2, 0) is 6.42 Å². The van der Waals surface area contributed by atoms with Gasteiger partial charge in [-0.15, -0.1) is 32.9 Å². The van der Waals surface area contributed by atoms with Gasteiger partial charge in [0, 0.05) is 41.9 Å².